The fraction of sp³-hybridized carbons (Fsp3) is 0.345. The van der Waals surface area contributed by atoms with E-state index >= 15 is 0 Å². The van der Waals surface area contributed by atoms with Crippen molar-refractivity contribution < 1.29 is 27.5 Å². The van der Waals surface area contributed by atoms with E-state index in [-0.39, 0.29) is 34.7 Å². The third kappa shape index (κ3) is 6.22. The van der Waals surface area contributed by atoms with Gasteiger partial charge in [0.1, 0.15) is 5.92 Å². The van der Waals surface area contributed by atoms with E-state index in [0.717, 1.165) is 11.1 Å². The van der Waals surface area contributed by atoms with Crippen molar-refractivity contribution in [3.63, 3.8) is 0 Å². The lowest BCUT2D eigenvalue weighted by Crippen LogP contribution is -2.54. The SMILES string of the molecule is Cc1cc(-c2cccc(S(C)(=O)=O)c2)c(Cl)cc1C1C(=O)OC2(CCCN(CC(=O)NCc3ccc(Cl)s3)C2)C1=O. The number of carbonyl (C=O) groups excluding carboxylic acids is 3. The minimum atomic E-state index is -3.42. The molecule has 12 heteroatoms. The first-order valence-corrected chi connectivity index (χ1v) is 16.4. The maximum atomic E-state index is 13.8. The molecule has 3 heterocycles. The lowest BCUT2D eigenvalue weighted by atomic mass is 9.81. The Kier molecular flexibility index (Phi) is 8.33. The molecule has 1 aromatic heterocycles. The Morgan fingerprint density at radius 1 is 1.17 bits per heavy atom. The highest BCUT2D eigenvalue weighted by Gasteiger charge is 2.57. The lowest BCUT2D eigenvalue weighted by molar-refractivity contribution is -0.157. The molecule has 1 N–H and O–H groups in total. The van der Waals surface area contributed by atoms with Gasteiger partial charge >= 0.3 is 5.97 Å². The van der Waals surface area contributed by atoms with Crippen molar-refractivity contribution in [3.8, 4) is 11.1 Å². The molecular weight excluding hydrogens is 607 g/mol. The van der Waals surface area contributed by atoms with E-state index in [4.69, 9.17) is 27.9 Å². The van der Waals surface area contributed by atoms with Gasteiger partial charge in [-0.2, -0.15) is 0 Å². The number of halogens is 2. The maximum absolute atomic E-state index is 13.8. The standard InChI is InChI=1S/C29H28Cl2N2O6S2/c1-17-11-22(18-5-3-6-20(12-18)41(2,37)38)23(30)13-21(17)26-27(35)29(39-28(26)36)9-4-10-33(16-29)15-25(34)32-14-19-7-8-24(31)40-19/h3,5-8,11-13,26H,4,9-10,14-16H2,1-2H3,(H,32,34). The van der Waals surface area contributed by atoms with Gasteiger partial charge in [-0.1, -0.05) is 35.3 Å². The van der Waals surface area contributed by atoms with Crippen LogP contribution in [0.15, 0.2) is 53.4 Å². The summed E-state index contributed by atoms with van der Waals surface area (Å²) in [6.45, 7) is 2.94. The van der Waals surface area contributed by atoms with Crippen LogP contribution >= 0.6 is 34.5 Å². The third-order valence-corrected chi connectivity index (χ3v) is 10.1. The summed E-state index contributed by atoms with van der Waals surface area (Å²) in [7, 11) is -3.42. The first kappa shape index (κ1) is 29.7. The van der Waals surface area contributed by atoms with Gasteiger partial charge in [0.2, 0.25) is 5.91 Å². The van der Waals surface area contributed by atoms with Gasteiger partial charge in [-0.05, 0) is 79.4 Å². The second kappa shape index (κ2) is 11.5. The number of hydrogen-bond donors (Lipinski definition) is 1. The summed E-state index contributed by atoms with van der Waals surface area (Å²) in [6, 6.07) is 13.4. The van der Waals surface area contributed by atoms with Crippen LogP contribution in [0.25, 0.3) is 11.1 Å². The minimum Gasteiger partial charge on any atom is -0.449 e. The zero-order chi connectivity index (χ0) is 29.5. The van der Waals surface area contributed by atoms with Crippen LogP contribution in [0.2, 0.25) is 9.36 Å². The van der Waals surface area contributed by atoms with E-state index in [2.05, 4.69) is 5.32 Å². The summed E-state index contributed by atoms with van der Waals surface area (Å²) in [6.07, 6.45) is 2.10. The van der Waals surface area contributed by atoms with Crippen molar-refractivity contribution >= 4 is 62.0 Å². The summed E-state index contributed by atoms with van der Waals surface area (Å²) >= 11 is 14.0. The summed E-state index contributed by atoms with van der Waals surface area (Å²) < 4.78 is 30.5. The smallest absolute Gasteiger partial charge is 0.322 e. The van der Waals surface area contributed by atoms with E-state index in [0.29, 0.717) is 52.5 Å². The molecule has 2 atom stereocenters. The first-order chi connectivity index (χ1) is 19.4. The Labute approximate surface area is 252 Å². The van der Waals surface area contributed by atoms with Crippen molar-refractivity contribution in [3.05, 3.63) is 73.9 Å². The number of rotatable bonds is 7. The predicted molar refractivity (Wildman–Crippen MR) is 158 cm³/mol. The topological polar surface area (TPSA) is 110 Å². The fourth-order valence-electron chi connectivity index (χ4n) is 5.48. The molecule has 2 aromatic carbocycles. The van der Waals surface area contributed by atoms with Crippen LogP contribution in [0, 0.1) is 6.92 Å². The zero-order valence-corrected chi connectivity index (χ0v) is 25.6. The highest BCUT2D eigenvalue weighted by atomic mass is 35.5. The molecule has 2 aliphatic heterocycles. The molecule has 2 fully saturated rings. The van der Waals surface area contributed by atoms with Gasteiger partial charge in [-0.25, -0.2) is 8.42 Å². The van der Waals surface area contributed by atoms with E-state index in [9.17, 15) is 22.8 Å². The van der Waals surface area contributed by atoms with Gasteiger partial charge < -0.3 is 10.1 Å². The Balaban J connectivity index is 1.33. The molecule has 0 aliphatic carbocycles. The number of carbonyl (C=O) groups is 3. The number of benzene rings is 2. The van der Waals surface area contributed by atoms with Gasteiger partial charge in [-0.15, -0.1) is 11.3 Å². The first-order valence-electron chi connectivity index (χ1n) is 13.0. The predicted octanol–water partition coefficient (Wildman–Crippen LogP) is 4.79. The molecule has 1 amide bonds. The van der Waals surface area contributed by atoms with E-state index < -0.39 is 27.3 Å². The maximum Gasteiger partial charge on any atom is 0.322 e. The largest absolute Gasteiger partial charge is 0.449 e. The lowest BCUT2D eigenvalue weighted by Gasteiger charge is -2.37. The molecule has 2 saturated heterocycles. The highest BCUT2D eigenvalue weighted by molar-refractivity contribution is 7.90. The van der Waals surface area contributed by atoms with Crippen molar-refractivity contribution in [1.82, 2.24) is 10.2 Å². The van der Waals surface area contributed by atoms with Crippen molar-refractivity contribution in [2.24, 2.45) is 0 Å². The number of sulfone groups is 1. The second-order valence-corrected chi connectivity index (χ2v) is 14.7. The van der Waals surface area contributed by atoms with Crippen LogP contribution in [0.5, 0.6) is 0 Å². The highest BCUT2D eigenvalue weighted by Crippen LogP contribution is 2.43. The minimum absolute atomic E-state index is 0.0719. The molecule has 8 nitrogen and oxygen atoms in total. The molecule has 5 rings (SSSR count). The van der Waals surface area contributed by atoms with Crippen LogP contribution < -0.4 is 5.32 Å². The fourth-order valence-corrected chi connectivity index (χ4v) is 7.46. The molecule has 1 spiro atoms. The number of Topliss-reactive ketones (excluding diaryl/α,β-unsaturated/α-hetero) is 1. The Bertz CT molecular complexity index is 1650. The summed E-state index contributed by atoms with van der Waals surface area (Å²) in [5.41, 5.74) is 0.971. The molecule has 0 bridgehead atoms. The zero-order valence-electron chi connectivity index (χ0n) is 22.4. The molecule has 3 aromatic rings. The number of ketones is 1. The van der Waals surface area contributed by atoms with Crippen LogP contribution in [0.1, 0.15) is 34.8 Å². The van der Waals surface area contributed by atoms with Crippen molar-refractivity contribution in [2.45, 2.75) is 42.7 Å². The molecule has 0 radical (unpaired) electrons. The summed E-state index contributed by atoms with van der Waals surface area (Å²) in [5, 5.41) is 3.15. The van der Waals surface area contributed by atoms with Crippen molar-refractivity contribution in [2.75, 3.05) is 25.9 Å². The molecule has 0 saturated carbocycles. The molecular formula is C29H28Cl2N2O6S2. The quantitative estimate of drug-likeness (QED) is 0.294. The molecule has 2 aliphatic rings. The number of likely N-dealkylation sites (tertiary alicyclic amines) is 1. The van der Waals surface area contributed by atoms with Crippen LogP contribution in [-0.4, -0.2) is 62.5 Å². The van der Waals surface area contributed by atoms with Gasteiger partial charge in [0.05, 0.1) is 22.3 Å². The number of hydrogen-bond acceptors (Lipinski definition) is 8. The van der Waals surface area contributed by atoms with Gasteiger partial charge in [0.25, 0.3) is 0 Å². The number of piperidine rings is 1. The van der Waals surface area contributed by atoms with Gasteiger partial charge in [0.15, 0.2) is 21.2 Å². The Hall–Kier alpha value is -2.76. The Morgan fingerprint density at radius 2 is 1.95 bits per heavy atom. The van der Waals surface area contributed by atoms with E-state index in [1.54, 1.807) is 43.3 Å². The average Bonchev–Trinajstić information content (AvgIpc) is 3.43. The van der Waals surface area contributed by atoms with Crippen LogP contribution in [-0.2, 0) is 35.5 Å². The number of ether oxygens (including phenoxy) is 1. The normalized spacial score (nSPS) is 21.3. The summed E-state index contributed by atoms with van der Waals surface area (Å²) in [5.74, 6) is -2.31. The van der Waals surface area contributed by atoms with Gasteiger partial charge in [0, 0.05) is 28.3 Å². The van der Waals surface area contributed by atoms with Gasteiger partial charge in [-0.3, -0.25) is 19.3 Å². The second-order valence-electron chi connectivity index (χ2n) is 10.5. The Morgan fingerprint density at radius 3 is 2.66 bits per heavy atom. The third-order valence-electron chi connectivity index (χ3n) is 7.47. The van der Waals surface area contributed by atoms with E-state index in [1.807, 2.05) is 11.0 Å². The molecule has 216 valence electrons. The average molecular weight is 636 g/mol. The molecule has 41 heavy (non-hydrogen) atoms. The number of nitrogens with one attached hydrogen (secondary N) is 1. The van der Waals surface area contributed by atoms with Crippen molar-refractivity contribution in [1.29, 1.82) is 0 Å². The number of thiophene rings is 1. The molecule has 2 unspecified atom stereocenters. The monoisotopic (exact) mass is 634 g/mol. The van der Waals surface area contributed by atoms with E-state index in [1.165, 1.54) is 17.4 Å². The number of amides is 1. The summed E-state index contributed by atoms with van der Waals surface area (Å²) in [4.78, 5) is 42.5. The number of esters is 1. The van der Waals surface area contributed by atoms with Crippen LogP contribution in [0.4, 0.5) is 0 Å². The van der Waals surface area contributed by atoms with Crippen LogP contribution in [0.3, 0.4) is 0 Å². The number of aryl methyl sites for hydroxylation is 1. The number of nitrogens with zero attached hydrogens (tertiary/aromatic N) is 1.